The average Bonchev–Trinajstić information content (AvgIpc) is 2.42. The Labute approximate surface area is 118 Å². The first-order valence-corrected chi connectivity index (χ1v) is 6.94. The Balaban J connectivity index is 1.99. The lowest BCUT2D eigenvalue weighted by Crippen LogP contribution is -2.49. The van der Waals surface area contributed by atoms with E-state index < -0.39 is 0 Å². The number of ether oxygens (including phenoxy) is 1. The number of halogens is 1. The summed E-state index contributed by atoms with van der Waals surface area (Å²) in [6, 6.07) is 5.21. The van der Waals surface area contributed by atoms with Gasteiger partial charge in [0.15, 0.2) is 0 Å². The standard InChI is InChI=1S/C14H20ClNO3/c15-12-9-11(1-2-13(12)18)10-16-14(3-6-17)4-7-19-8-5-14/h1-2,9,16-18H,3-8,10H2. The van der Waals surface area contributed by atoms with Crippen LogP contribution in [0.4, 0.5) is 0 Å². The number of phenolic OH excluding ortho intramolecular Hbond substituents is 1. The summed E-state index contributed by atoms with van der Waals surface area (Å²) in [6.07, 6.45) is 2.53. The van der Waals surface area contributed by atoms with E-state index in [2.05, 4.69) is 5.32 Å². The van der Waals surface area contributed by atoms with E-state index in [1.165, 1.54) is 0 Å². The van der Waals surface area contributed by atoms with E-state index >= 15 is 0 Å². The van der Waals surface area contributed by atoms with Crippen LogP contribution in [-0.4, -0.2) is 35.6 Å². The normalized spacial score (nSPS) is 18.4. The number of aliphatic hydroxyl groups is 1. The molecule has 19 heavy (non-hydrogen) atoms. The first kappa shape index (κ1) is 14.6. The molecule has 1 fully saturated rings. The fourth-order valence-electron chi connectivity index (χ4n) is 2.44. The molecule has 106 valence electrons. The first-order valence-electron chi connectivity index (χ1n) is 6.56. The van der Waals surface area contributed by atoms with Crippen LogP contribution in [-0.2, 0) is 11.3 Å². The Morgan fingerprint density at radius 1 is 1.32 bits per heavy atom. The molecule has 0 aliphatic carbocycles. The lowest BCUT2D eigenvalue weighted by Gasteiger charge is -2.38. The molecule has 3 N–H and O–H groups in total. The molecule has 0 aromatic heterocycles. The second kappa shape index (κ2) is 6.57. The van der Waals surface area contributed by atoms with Crippen molar-refractivity contribution in [1.29, 1.82) is 0 Å². The van der Waals surface area contributed by atoms with Gasteiger partial charge in [-0.25, -0.2) is 0 Å². The van der Waals surface area contributed by atoms with Crippen LogP contribution in [0, 0.1) is 0 Å². The molecule has 5 heteroatoms. The van der Waals surface area contributed by atoms with Crippen LogP contribution in [0.1, 0.15) is 24.8 Å². The van der Waals surface area contributed by atoms with Crippen molar-refractivity contribution in [2.24, 2.45) is 0 Å². The molecule has 2 rings (SSSR count). The van der Waals surface area contributed by atoms with Crippen LogP contribution in [0.3, 0.4) is 0 Å². The van der Waals surface area contributed by atoms with Crippen molar-refractivity contribution in [2.75, 3.05) is 19.8 Å². The van der Waals surface area contributed by atoms with E-state index in [9.17, 15) is 10.2 Å². The lowest BCUT2D eigenvalue weighted by molar-refractivity contribution is 0.0267. The maximum atomic E-state index is 9.39. The number of aromatic hydroxyl groups is 1. The number of benzene rings is 1. The molecule has 1 aliphatic heterocycles. The lowest BCUT2D eigenvalue weighted by atomic mass is 9.86. The number of nitrogens with one attached hydrogen (secondary N) is 1. The van der Waals surface area contributed by atoms with Gasteiger partial charge < -0.3 is 20.3 Å². The van der Waals surface area contributed by atoms with Gasteiger partial charge in [-0.05, 0) is 37.0 Å². The van der Waals surface area contributed by atoms with Crippen molar-refractivity contribution >= 4 is 11.6 Å². The first-order chi connectivity index (χ1) is 9.15. The Morgan fingerprint density at radius 2 is 2.05 bits per heavy atom. The summed E-state index contributed by atoms with van der Waals surface area (Å²) in [5.74, 6) is 0.0987. The molecule has 4 nitrogen and oxygen atoms in total. The van der Waals surface area contributed by atoms with Gasteiger partial charge in [0.2, 0.25) is 0 Å². The molecular formula is C14H20ClNO3. The van der Waals surface area contributed by atoms with Gasteiger partial charge in [0.05, 0.1) is 5.02 Å². The molecule has 0 bridgehead atoms. The third-order valence-electron chi connectivity index (χ3n) is 3.72. The van der Waals surface area contributed by atoms with Gasteiger partial charge in [0.25, 0.3) is 0 Å². The molecule has 0 amide bonds. The molecule has 0 unspecified atom stereocenters. The second-order valence-electron chi connectivity index (χ2n) is 5.01. The van der Waals surface area contributed by atoms with Crippen LogP contribution in [0.25, 0.3) is 0 Å². The maximum Gasteiger partial charge on any atom is 0.134 e. The van der Waals surface area contributed by atoms with Crippen LogP contribution in [0.15, 0.2) is 18.2 Å². The molecule has 0 radical (unpaired) electrons. The van der Waals surface area contributed by atoms with E-state index in [4.69, 9.17) is 16.3 Å². The molecular weight excluding hydrogens is 266 g/mol. The van der Waals surface area contributed by atoms with Gasteiger partial charge in [-0.3, -0.25) is 0 Å². The minimum absolute atomic E-state index is 0.0582. The van der Waals surface area contributed by atoms with Crippen LogP contribution >= 0.6 is 11.6 Å². The van der Waals surface area contributed by atoms with Gasteiger partial charge in [0.1, 0.15) is 5.75 Å². The van der Waals surface area contributed by atoms with Crippen LogP contribution < -0.4 is 5.32 Å². The van der Waals surface area contributed by atoms with Crippen molar-refractivity contribution in [3.63, 3.8) is 0 Å². The van der Waals surface area contributed by atoms with E-state index in [1.807, 2.05) is 6.07 Å². The predicted octanol–water partition coefficient (Wildman–Crippen LogP) is 2.07. The van der Waals surface area contributed by atoms with Crippen molar-refractivity contribution < 1.29 is 14.9 Å². The fourth-order valence-corrected chi connectivity index (χ4v) is 2.64. The molecule has 1 aromatic carbocycles. The highest BCUT2D eigenvalue weighted by Crippen LogP contribution is 2.27. The minimum Gasteiger partial charge on any atom is -0.506 e. The Hall–Kier alpha value is -0.810. The summed E-state index contributed by atoms with van der Waals surface area (Å²) < 4.78 is 5.38. The zero-order valence-electron chi connectivity index (χ0n) is 10.9. The van der Waals surface area contributed by atoms with E-state index in [0.29, 0.717) is 11.6 Å². The molecule has 1 heterocycles. The number of hydrogen-bond acceptors (Lipinski definition) is 4. The number of hydrogen-bond donors (Lipinski definition) is 3. The van der Waals surface area contributed by atoms with Crippen molar-refractivity contribution in [3.8, 4) is 5.75 Å². The number of phenols is 1. The topological polar surface area (TPSA) is 61.7 Å². The molecule has 0 saturated carbocycles. The Bertz CT molecular complexity index is 414. The zero-order valence-corrected chi connectivity index (χ0v) is 11.6. The highest BCUT2D eigenvalue weighted by molar-refractivity contribution is 6.32. The molecule has 0 atom stereocenters. The minimum atomic E-state index is -0.0582. The van der Waals surface area contributed by atoms with E-state index in [1.54, 1.807) is 12.1 Å². The summed E-state index contributed by atoms with van der Waals surface area (Å²) in [5.41, 5.74) is 0.962. The van der Waals surface area contributed by atoms with Gasteiger partial charge in [-0.1, -0.05) is 17.7 Å². The van der Waals surface area contributed by atoms with Gasteiger partial charge >= 0.3 is 0 Å². The highest BCUT2D eigenvalue weighted by Gasteiger charge is 2.31. The van der Waals surface area contributed by atoms with Crippen molar-refractivity contribution in [1.82, 2.24) is 5.32 Å². The largest absolute Gasteiger partial charge is 0.506 e. The van der Waals surface area contributed by atoms with E-state index in [0.717, 1.165) is 38.0 Å². The third-order valence-corrected chi connectivity index (χ3v) is 4.02. The third kappa shape index (κ3) is 3.83. The summed E-state index contributed by atoms with van der Waals surface area (Å²) in [7, 11) is 0. The number of aliphatic hydroxyl groups excluding tert-OH is 1. The van der Waals surface area contributed by atoms with Crippen LogP contribution in [0.2, 0.25) is 5.02 Å². The monoisotopic (exact) mass is 285 g/mol. The molecule has 0 spiro atoms. The average molecular weight is 286 g/mol. The van der Waals surface area contributed by atoms with Crippen molar-refractivity contribution in [2.45, 2.75) is 31.3 Å². The molecule has 1 aliphatic rings. The number of rotatable bonds is 5. The summed E-state index contributed by atoms with van der Waals surface area (Å²) in [5, 5.41) is 22.5. The molecule has 1 aromatic rings. The highest BCUT2D eigenvalue weighted by atomic mass is 35.5. The SMILES string of the molecule is OCCC1(NCc2ccc(O)c(Cl)c2)CCOCC1. The quantitative estimate of drug-likeness (QED) is 0.775. The predicted molar refractivity (Wildman–Crippen MR) is 74.4 cm³/mol. The Morgan fingerprint density at radius 3 is 2.68 bits per heavy atom. The fraction of sp³-hybridized carbons (Fsp3) is 0.571. The molecule has 1 saturated heterocycles. The zero-order chi connectivity index (χ0) is 13.7. The second-order valence-corrected chi connectivity index (χ2v) is 5.41. The van der Waals surface area contributed by atoms with Gasteiger partial charge in [-0.2, -0.15) is 0 Å². The Kier molecular flexibility index (Phi) is 5.05. The maximum absolute atomic E-state index is 9.39. The van der Waals surface area contributed by atoms with Crippen LogP contribution in [0.5, 0.6) is 5.75 Å². The van der Waals surface area contributed by atoms with Gasteiger partial charge in [-0.15, -0.1) is 0 Å². The van der Waals surface area contributed by atoms with E-state index in [-0.39, 0.29) is 17.9 Å². The van der Waals surface area contributed by atoms with Gasteiger partial charge in [0, 0.05) is 31.9 Å². The summed E-state index contributed by atoms with van der Waals surface area (Å²) in [4.78, 5) is 0. The summed E-state index contributed by atoms with van der Waals surface area (Å²) in [6.45, 7) is 2.29. The smallest absolute Gasteiger partial charge is 0.134 e. The van der Waals surface area contributed by atoms with Crippen molar-refractivity contribution in [3.05, 3.63) is 28.8 Å². The summed E-state index contributed by atoms with van der Waals surface area (Å²) >= 11 is 5.89.